The summed E-state index contributed by atoms with van der Waals surface area (Å²) < 4.78 is 5.93. The van der Waals surface area contributed by atoms with Crippen molar-refractivity contribution in [3.8, 4) is 0 Å². The highest BCUT2D eigenvalue weighted by Gasteiger charge is 2.43. The van der Waals surface area contributed by atoms with E-state index in [4.69, 9.17) is 4.74 Å². The van der Waals surface area contributed by atoms with Crippen molar-refractivity contribution >= 4 is 0 Å². The highest BCUT2D eigenvalue weighted by molar-refractivity contribution is 5.16. The van der Waals surface area contributed by atoms with Gasteiger partial charge in [0.05, 0.1) is 12.6 Å². The molecule has 0 spiro atoms. The first-order valence-corrected chi connectivity index (χ1v) is 7.38. The largest absolute Gasteiger partial charge is 0.497 e. The van der Waals surface area contributed by atoms with Crippen LogP contribution in [-0.4, -0.2) is 44.2 Å². The van der Waals surface area contributed by atoms with E-state index in [1.807, 2.05) is 0 Å². The van der Waals surface area contributed by atoms with Crippen LogP contribution in [0.2, 0.25) is 0 Å². The summed E-state index contributed by atoms with van der Waals surface area (Å²) in [7, 11) is 6.52. The second-order valence-electron chi connectivity index (χ2n) is 5.88. The van der Waals surface area contributed by atoms with Crippen LogP contribution in [0.15, 0.2) is 11.8 Å². The van der Waals surface area contributed by atoms with Crippen LogP contribution in [0.4, 0.5) is 0 Å². The summed E-state index contributed by atoms with van der Waals surface area (Å²) in [6, 6.07) is 0.341. The molecule has 0 amide bonds. The Bertz CT molecular complexity index is 293. The molecule has 1 aliphatic heterocycles. The number of rotatable bonds is 4. The van der Waals surface area contributed by atoms with Gasteiger partial charge in [0.1, 0.15) is 5.76 Å². The van der Waals surface area contributed by atoms with Crippen molar-refractivity contribution in [2.45, 2.75) is 56.5 Å². The second kappa shape index (κ2) is 6.07. The van der Waals surface area contributed by atoms with Crippen molar-refractivity contribution in [2.24, 2.45) is 0 Å². The molecule has 2 aliphatic rings. The third kappa shape index (κ3) is 2.57. The number of hydrogen-bond acceptors (Lipinski definition) is 3. The van der Waals surface area contributed by atoms with Gasteiger partial charge in [0.15, 0.2) is 0 Å². The van der Waals surface area contributed by atoms with Gasteiger partial charge in [0.2, 0.25) is 0 Å². The molecule has 1 unspecified atom stereocenters. The van der Waals surface area contributed by atoms with Gasteiger partial charge < -0.3 is 15.0 Å². The molecule has 104 valence electrons. The molecule has 1 N–H and O–H groups in total. The molecule has 1 atom stereocenters. The topological polar surface area (TPSA) is 24.5 Å². The number of allylic oxidation sites excluding steroid dienone is 1. The average Bonchev–Trinajstić information content (AvgIpc) is 2.41. The molecule has 1 heterocycles. The molecule has 0 aromatic carbocycles. The Labute approximate surface area is 112 Å². The van der Waals surface area contributed by atoms with Crippen LogP contribution in [0, 0.1) is 0 Å². The summed E-state index contributed by atoms with van der Waals surface area (Å²) in [6.45, 7) is 0.882. The van der Waals surface area contributed by atoms with Crippen LogP contribution in [0.3, 0.4) is 0 Å². The Hall–Kier alpha value is -0.540. The zero-order chi connectivity index (χ0) is 13.0. The van der Waals surface area contributed by atoms with E-state index in [1.165, 1.54) is 37.9 Å². The third-order valence-electron chi connectivity index (χ3n) is 4.68. The first-order chi connectivity index (χ1) is 8.70. The molecular weight excluding hydrogens is 224 g/mol. The van der Waals surface area contributed by atoms with E-state index in [1.54, 1.807) is 0 Å². The van der Waals surface area contributed by atoms with Crippen molar-refractivity contribution in [3.63, 3.8) is 0 Å². The van der Waals surface area contributed by atoms with Crippen LogP contribution in [0.1, 0.15) is 44.9 Å². The number of ether oxygens (including phenoxy) is 1. The molecule has 1 saturated carbocycles. The maximum atomic E-state index is 5.93. The number of nitrogens with zero attached hydrogens (tertiary/aromatic N) is 1. The first kappa shape index (κ1) is 13.9. The quantitative estimate of drug-likeness (QED) is 0.832. The third-order valence-corrected chi connectivity index (χ3v) is 4.68. The van der Waals surface area contributed by atoms with E-state index in [-0.39, 0.29) is 5.54 Å². The van der Waals surface area contributed by atoms with E-state index in [2.05, 4.69) is 37.4 Å². The molecule has 3 nitrogen and oxygen atoms in total. The highest BCUT2D eigenvalue weighted by Crippen LogP contribution is 2.38. The van der Waals surface area contributed by atoms with Gasteiger partial charge in [-0.15, -0.1) is 0 Å². The fraction of sp³-hybridized carbons (Fsp3) is 0.867. The number of likely N-dealkylation sites (N-methyl/N-ethyl adjacent to an activating group) is 2. The molecule has 1 fully saturated rings. The van der Waals surface area contributed by atoms with Crippen LogP contribution < -0.4 is 5.32 Å². The maximum absolute atomic E-state index is 5.93. The average molecular weight is 252 g/mol. The van der Waals surface area contributed by atoms with E-state index >= 15 is 0 Å². The highest BCUT2D eigenvalue weighted by atomic mass is 16.5. The van der Waals surface area contributed by atoms with Gasteiger partial charge in [-0.2, -0.15) is 0 Å². The van der Waals surface area contributed by atoms with Gasteiger partial charge in [-0.05, 0) is 52.9 Å². The van der Waals surface area contributed by atoms with Crippen LogP contribution in [0.5, 0.6) is 0 Å². The lowest BCUT2D eigenvalue weighted by Gasteiger charge is -2.49. The van der Waals surface area contributed by atoms with E-state index in [0.717, 1.165) is 19.4 Å². The normalized spacial score (nSPS) is 25.4. The number of nitrogens with one attached hydrogen (secondary N) is 1. The summed E-state index contributed by atoms with van der Waals surface area (Å²) in [5, 5.41) is 3.53. The predicted octanol–water partition coefficient (Wildman–Crippen LogP) is 2.53. The summed E-state index contributed by atoms with van der Waals surface area (Å²) in [6.07, 6.45) is 11.2. The zero-order valence-corrected chi connectivity index (χ0v) is 12.2. The molecule has 0 aromatic heterocycles. The lowest BCUT2D eigenvalue weighted by Crippen LogP contribution is -2.60. The minimum atomic E-state index is 0.232. The lowest BCUT2D eigenvalue weighted by molar-refractivity contribution is 0.0404. The Balaban J connectivity index is 2.23. The van der Waals surface area contributed by atoms with Gasteiger partial charge in [-0.1, -0.05) is 19.3 Å². The molecule has 1 aliphatic carbocycles. The van der Waals surface area contributed by atoms with Crippen molar-refractivity contribution in [3.05, 3.63) is 11.8 Å². The monoisotopic (exact) mass is 252 g/mol. The van der Waals surface area contributed by atoms with Gasteiger partial charge in [0.25, 0.3) is 0 Å². The van der Waals surface area contributed by atoms with Gasteiger partial charge in [-0.25, -0.2) is 0 Å². The van der Waals surface area contributed by atoms with Gasteiger partial charge >= 0.3 is 0 Å². The van der Waals surface area contributed by atoms with E-state index in [0.29, 0.717) is 6.04 Å². The molecule has 0 saturated heterocycles. The molecule has 2 rings (SSSR count). The summed E-state index contributed by atoms with van der Waals surface area (Å²) in [5.41, 5.74) is 0.232. The Morgan fingerprint density at radius 1 is 1.22 bits per heavy atom. The molecular formula is C15H28N2O. The fourth-order valence-electron chi connectivity index (χ4n) is 3.61. The molecule has 0 bridgehead atoms. The minimum absolute atomic E-state index is 0.232. The van der Waals surface area contributed by atoms with Crippen molar-refractivity contribution in [1.29, 1.82) is 0 Å². The Morgan fingerprint density at radius 3 is 2.44 bits per heavy atom. The SMILES string of the molecule is CNC(C1=CCCCO1)C1(N(C)C)CCCCC1. The summed E-state index contributed by atoms with van der Waals surface area (Å²) in [5.74, 6) is 1.18. The second-order valence-corrected chi connectivity index (χ2v) is 5.88. The van der Waals surface area contributed by atoms with Crippen molar-refractivity contribution < 1.29 is 4.74 Å². The van der Waals surface area contributed by atoms with Crippen LogP contribution in [0.25, 0.3) is 0 Å². The summed E-state index contributed by atoms with van der Waals surface area (Å²) >= 11 is 0. The van der Waals surface area contributed by atoms with Crippen molar-refractivity contribution in [2.75, 3.05) is 27.7 Å². The Kier molecular flexibility index (Phi) is 4.68. The minimum Gasteiger partial charge on any atom is -0.497 e. The molecule has 0 aromatic rings. The lowest BCUT2D eigenvalue weighted by atomic mass is 9.74. The fourth-order valence-corrected chi connectivity index (χ4v) is 3.61. The first-order valence-electron chi connectivity index (χ1n) is 7.38. The van der Waals surface area contributed by atoms with Crippen LogP contribution >= 0.6 is 0 Å². The number of hydrogen-bond donors (Lipinski definition) is 1. The molecule has 3 heteroatoms. The smallest absolute Gasteiger partial charge is 0.111 e. The molecule has 0 radical (unpaired) electrons. The van der Waals surface area contributed by atoms with E-state index in [9.17, 15) is 0 Å². The van der Waals surface area contributed by atoms with Crippen LogP contribution in [-0.2, 0) is 4.74 Å². The van der Waals surface area contributed by atoms with Gasteiger partial charge in [0, 0.05) is 5.54 Å². The van der Waals surface area contributed by atoms with Gasteiger partial charge in [-0.3, -0.25) is 0 Å². The van der Waals surface area contributed by atoms with Crippen molar-refractivity contribution in [1.82, 2.24) is 10.2 Å². The predicted molar refractivity (Wildman–Crippen MR) is 75.6 cm³/mol. The molecule has 18 heavy (non-hydrogen) atoms. The Morgan fingerprint density at radius 2 is 1.94 bits per heavy atom. The zero-order valence-electron chi connectivity index (χ0n) is 12.2. The van der Waals surface area contributed by atoms with E-state index < -0.39 is 0 Å². The standard InChI is InChI=1S/C15H28N2O/c1-16-14(13-9-5-8-12-18-13)15(17(2)3)10-6-4-7-11-15/h9,14,16H,4-8,10-12H2,1-3H3. The maximum Gasteiger partial charge on any atom is 0.111 e. The summed E-state index contributed by atoms with van der Waals surface area (Å²) in [4.78, 5) is 2.42.